The maximum absolute atomic E-state index is 13.5. The molecule has 0 amide bonds. The molecule has 0 spiro atoms. The number of hydrogen-bond acceptors (Lipinski definition) is 11. The SMILES string of the molecule is N#CC1NNC(SC2OC(CO)C(O)C(N/C=C(\N)c3cc(F)c(F)c(F)c3)C2O)=CC1=O. The fourth-order valence-corrected chi connectivity index (χ4v) is 4.18. The second-order valence-electron chi connectivity index (χ2n) is 7.11. The van der Waals surface area contributed by atoms with E-state index < -0.39 is 65.7 Å². The van der Waals surface area contributed by atoms with Crippen molar-refractivity contribution < 1.29 is 38.0 Å². The van der Waals surface area contributed by atoms with Gasteiger partial charge in [0.2, 0.25) is 0 Å². The first-order valence-corrected chi connectivity index (χ1v) is 10.4. The monoisotopic (exact) mass is 487 g/mol. The van der Waals surface area contributed by atoms with Gasteiger partial charge in [0.1, 0.15) is 23.7 Å². The first-order chi connectivity index (χ1) is 15.7. The zero-order chi connectivity index (χ0) is 24.3. The zero-order valence-corrected chi connectivity index (χ0v) is 17.5. The summed E-state index contributed by atoms with van der Waals surface area (Å²) in [6, 6.07) is 0.857. The highest BCUT2D eigenvalue weighted by molar-refractivity contribution is 8.03. The first-order valence-electron chi connectivity index (χ1n) is 9.48. The van der Waals surface area contributed by atoms with Gasteiger partial charge < -0.3 is 36.5 Å². The minimum atomic E-state index is -1.65. The molecule has 2 heterocycles. The number of ketones is 1. The van der Waals surface area contributed by atoms with Crippen LogP contribution in [0.5, 0.6) is 0 Å². The number of nitrogens with two attached hydrogens (primary N) is 1. The summed E-state index contributed by atoms with van der Waals surface area (Å²) in [6.45, 7) is -0.614. The lowest BCUT2D eigenvalue weighted by molar-refractivity contribution is -0.164. The van der Waals surface area contributed by atoms with Crippen LogP contribution < -0.4 is 21.9 Å². The van der Waals surface area contributed by atoms with E-state index in [1.165, 1.54) is 0 Å². The van der Waals surface area contributed by atoms with Crippen molar-refractivity contribution in [1.82, 2.24) is 16.2 Å². The van der Waals surface area contributed by atoms with Crippen LogP contribution in [0.25, 0.3) is 5.70 Å². The standard InChI is InChI=1S/C19H20F3N5O5S/c20-8-1-7(2-9(21)15(8)22)10(24)5-25-16-17(30)13(6-28)32-19(18(16)31)33-14-3-12(29)11(4-23)26-27-14/h1-3,5,11,13,16-19,25-28,30-31H,6,24H2/b10-5-. The topological polar surface area (TPSA) is 173 Å². The first kappa shape index (κ1) is 24.8. The summed E-state index contributed by atoms with van der Waals surface area (Å²) in [4.78, 5) is 11.9. The Hall–Kier alpha value is -2.80. The molecule has 2 aliphatic rings. The highest BCUT2D eigenvalue weighted by Gasteiger charge is 2.45. The molecular weight excluding hydrogens is 467 g/mol. The number of aliphatic hydroxyl groups is 3. The van der Waals surface area contributed by atoms with Crippen molar-refractivity contribution in [2.45, 2.75) is 35.8 Å². The average Bonchev–Trinajstić information content (AvgIpc) is 2.78. The number of aliphatic hydroxyl groups excluding tert-OH is 3. The van der Waals surface area contributed by atoms with Crippen molar-refractivity contribution in [3.05, 3.63) is 52.5 Å². The van der Waals surface area contributed by atoms with Gasteiger partial charge in [0.25, 0.3) is 0 Å². The van der Waals surface area contributed by atoms with Crippen LogP contribution in [0.2, 0.25) is 0 Å². The molecule has 0 aliphatic carbocycles. The zero-order valence-electron chi connectivity index (χ0n) is 16.7. The Labute approximate surface area is 189 Å². The van der Waals surface area contributed by atoms with E-state index >= 15 is 0 Å². The number of thioether (sulfide) groups is 1. The van der Waals surface area contributed by atoms with Crippen LogP contribution in [0, 0.1) is 28.8 Å². The molecule has 0 bridgehead atoms. The van der Waals surface area contributed by atoms with Crippen LogP contribution in [0.1, 0.15) is 5.56 Å². The van der Waals surface area contributed by atoms with Crippen LogP contribution in [-0.2, 0) is 9.53 Å². The van der Waals surface area contributed by atoms with Gasteiger partial charge in [0, 0.05) is 17.8 Å². The third kappa shape index (κ3) is 5.41. The molecule has 0 radical (unpaired) electrons. The summed E-state index contributed by atoms with van der Waals surface area (Å²) in [5.74, 6) is -5.06. The minimum Gasteiger partial charge on any atom is -0.397 e. The predicted octanol–water partition coefficient (Wildman–Crippen LogP) is -1.10. The number of nitriles is 1. The van der Waals surface area contributed by atoms with E-state index in [0.29, 0.717) is 12.1 Å². The van der Waals surface area contributed by atoms with Crippen LogP contribution in [0.3, 0.4) is 0 Å². The number of carbonyl (C=O) groups is 1. The number of halogens is 3. The molecule has 1 fully saturated rings. The normalized spacial score (nSPS) is 30.3. The quantitative estimate of drug-likeness (QED) is 0.243. The van der Waals surface area contributed by atoms with Gasteiger partial charge in [-0.2, -0.15) is 5.26 Å². The molecule has 1 aromatic carbocycles. The van der Waals surface area contributed by atoms with E-state index in [1.54, 1.807) is 6.07 Å². The lowest BCUT2D eigenvalue weighted by Gasteiger charge is -2.42. The Morgan fingerprint density at radius 1 is 1.30 bits per heavy atom. The maximum Gasteiger partial charge on any atom is 0.194 e. The summed E-state index contributed by atoms with van der Waals surface area (Å²) < 4.78 is 45.6. The van der Waals surface area contributed by atoms with Gasteiger partial charge >= 0.3 is 0 Å². The van der Waals surface area contributed by atoms with E-state index in [1.807, 2.05) is 0 Å². The number of ether oxygens (including phenoxy) is 1. The Morgan fingerprint density at radius 3 is 2.55 bits per heavy atom. The van der Waals surface area contributed by atoms with Gasteiger partial charge in [-0.1, -0.05) is 11.8 Å². The highest BCUT2D eigenvalue weighted by Crippen LogP contribution is 2.32. The Morgan fingerprint density at radius 2 is 1.97 bits per heavy atom. The van der Waals surface area contributed by atoms with Crippen LogP contribution >= 0.6 is 11.8 Å². The van der Waals surface area contributed by atoms with Gasteiger partial charge in [-0.25, -0.2) is 18.6 Å². The van der Waals surface area contributed by atoms with E-state index in [9.17, 15) is 33.3 Å². The molecule has 33 heavy (non-hydrogen) atoms. The van der Waals surface area contributed by atoms with Gasteiger partial charge in [-0.05, 0) is 12.1 Å². The van der Waals surface area contributed by atoms with E-state index in [-0.39, 0.29) is 16.3 Å². The van der Waals surface area contributed by atoms with Gasteiger partial charge in [-0.3, -0.25) is 4.79 Å². The number of nitrogens with one attached hydrogen (secondary N) is 3. The molecule has 0 saturated carbocycles. The van der Waals surface area contributed by atoms with Crippen molar-refractivity contribution in [3.63, 3.8) is 0 Å². The molecule has 178 valence electrons. The molecule has 0 aromatic heterocycles. The Balaban J connectivity index is 1.77. The largest absolute Gasteiger partial charge is 0.397 e. The number of hydrogen-bond donors (Lipinski definition) is 7. The van der Waals surface area contributed by atoms with Crippen molar-refractivity contribution in [1.29, 1.82) is 5.26 Å². The third-order valence-corrected chi connectivity index (χ3v) is 6.00. The molecule has 3 rings (SSSR count). The van der Waals surface area contributed by atoms with Crippen molar-refractivity contribution in [2.24, 2.45) is 5.73 Å². The number of rotatable bonds is 6. The number of carbonyl (C=O) groups excluding carboxylic acids is 1. The molecular formula is C19H20F3N5O5S. The van der Waals surface area contributed by atoms with Crippen LogP contribution in [0.4, 0.5) is 13.2 Å². The second-order valence-corrected chi connectivity index (χ2v) is 8.25. The fraction of sp³-hybridized carbons (Fsp3) is 0.368. The summed E-state index contributed by atoms with van der Waals surface area (Å²) >= 11 is 0.857. The number of hydrazine groups is 1. The van der Waals surface area contributed by atoms with Gasteiger partial charge in [-0.15, -0.1) is 0 Å². The van der Waals surface area contributed by atoms with Crippen LogP contribution in [-0.4, -0.2) is 63.5 Å². The fourth-order valence-electron chi connectivity index (χ4n) is 3.12. The van der Waals surface area contributed by atoms with Crippen molar-refractivity contribution >= 4 is 23.2 Å². The molecule has 1 saturated heterocycles. The molecule has 6 unspecified atom stereocenters. The van der Waals surface area contributed by atoms with E-state index in [2.05, 4.69) is 16.2 Å². The Bertz CT molecular complexity index is 997. The summed E-state index contributed by atoms with van der Waals surface area (Å²) in [5, 5.41) is 42.4. The lowest BCUT2D eigenvalue weighted by Crippen LogP contribution is -2.62. The van der Waals surface area contributed by atoms with Gasteiger partial charge in [0.15, 0.2) is 29.3 Å². The summed E-state index contributed by atoms with van der Waals surface area (Å²) in [6.07, 6.45) is -1.79. The van der Waals surface area contributed by atoms with Crippen molar-refractivity contribution in [2.75, 3.05) is 6.61 Å². The smallest absolute Gasteiger partial charge is 0.194 e. The number of benzene rings is 1. The summed E-state index contributed by atoms with van der Waals surface area (Å²) in [7, 11) is 0. The molecule has 2 aliphatic heterocycles. The third-order valence-electron chi connectivity index (χ3n) is 4.90. The molecule has 10 nitrogen and oxygen atoms in total. The van der Waals surface area contributed by atoms with Crippen molar-refractivity contribution in [3.8, 4) is 6.07 Å². The summed E-state index contributed by atoms with van der Waals surface area (Å²) in [5.41, 5.74) is 9.38. The molecule has 6 atom stereocenters. The highest BCUT2D eigenvalue weighted by atomic mass is 32.2. The Kier molecular flexibility index (Phi) is 7.84. The minimum absolute atomic E-state index is 0.187. The maximum atomic E-state index is 13.5. The molecule has 14 heteroatoms. The predicted molar refractivity (Wildman–Crippen MR) is 110 cm³/mol. The van der Waals surface area contributed by atoms with Crippen LogP contribution in [0.15, 0.2) is 29.4 Å². The lowest BCUT2D eigenvalue weighted by atomic mass is 9.97. The van der Waals surface area contributed by atoms with E-state index in [0.717, 1.165) is 24.0 Å². The second kappa shape index (κ2) is 10.4. The molecule has 1 aromatic rings. The van der Waals surface area contributed by atoms with Gasteiger partial charge in [0.05, 0.1) is 29.4 Å². The number of nitrogens with zero attached hydrogens (tertiary/aromatic N) is 1. The molecule has 8 N–H and O–H groups in total. The van der Waals surface area contributed by atoms with E-state index in [4.69, 9.17) is 15.7 Å². The average molecular weight is 487 g/mol.